The molecule has 2 aliphatic heterocycles. The standard InChI is InChI=1S/C27H32N4O4/c1-19(32)30-16-14-22(15-17-30)28-26(33)12-13-27(34)31-25(21-8-10-23(35-2)11-9-21)18-24(29-31)20-6-4-3-5-7-20/h3-11,22,25H,12-18H2,1-2H3,(H,28,33)/t25-/m0/s1. The summed E-state index contributed by atoms with van der Waals surface area (Å²) in [6, 6.07) is 17.3. The van der Waals surface area contributed by atoms with Crippen LogP contribution in [0, 0.1) is 0 Å². The van der Waals surface area contributed by atoms with Crippen molar-refractivity contribution in [2.24, 2.45) is 5.10 Å². The molecule has 8 nitrogen and oxygen atoms in total. The van der Waals surface area contributed by atoms with Crippen molar-refractivity contribution in [3.8, 4) is 5.75 Å². The maximum atomic E-state index is 13.2. The monoisotopic (exact) mass is 476 g/mol. The van der Waals surface area contributed by atoms with Gasteiger partial charge in [0.15, 0.2) is 0 Å². The number of ether oxygens (including phenoxy) is 1. The van der Waals surface area contributed by atoms with Crippen LogP contribution in [0.3, 0.4) is 0 Å². The lowest BCUT2D eigenvalue weighted by Crippen LogP contribution is -2.46. The van der Waals surface area contributed by atoms with Crippen LogP contribution in [0.1, 0.15) is 56.2 Å². The maximum Gasteiger partial charge on any atom is 0.243 e. The molecule has 0 spiro atoms. The molecule has 0 aliphatic carbocycles. The molecule has 2 aromatic carbocycles. The molecule has 3 amide bonds. The summed E-state index contributed by atoms with van der Waals surface area (Å²) in [4.78, 5) is 39.0. The summed E-state index contributed by atoms with van der Waals surface area (Å²) in [5, 5.41) is 9.22. The Balaban J connectivity index is 1.39. The fourth-order valence-electron chi connectivity index (χ4n) is 4.60. The predicted octanol–water partition coefficient (Wildman–Crippen LogP) is 3.28. The summed E-state index contributed by atoms with van der Waals surface area (Å²) < 4.78 is 5.27. The third kappa shape index (κ3) is 6.07. The van der Waals surface area contributed by atoms with Crippen molar-refractivity contribution in [3.63, 3.8) is 0 Å². The predicted molar refractivity (Wildman–Crippen MR) is 133 cm³/mol. The molecule has 35 heavy (non-hydrogen) atoms. The lowest BCUT2D eigenvalue weighted by Gasteiger charge is -2.31. The molecule has 8 heteroatoms. The second kappa shape index (κ2) is 11.2. The Kier molecular flexibility index (Phi) is 7.80. The van der Waals surface area contributed by atoms with E-state index in [1.807, 2.05) is 54.6 Å². The summed E-state index contributed by atoms with van der Waals surface area (Å²) in [5.41, 5.74) is 2.80. The topological polar surface area (TPSA) is 91.3 Å². The molecule has 0 saturated carbocycles. The van der Waals surface area contributed by atoms with Crippen molar-refractivity contribution < 1.29 is 19.1 Å². The van der Waals surface area contributed by atoms with Crippen molar-refractivity contribution in [2.75, 3.05) is 20.2 Å². The molecule has 2 aromatic rings. The first kappa shape index (κ1) is 24.4. The third-order valence-corrected chi connectivity index (χ3v) is 6.64. The van der Waals surface area contributed by atoms with Gasteiger partial charge in [0.05, 0.1) is 18.9 Å². The van der Waals surface area contributed by atoms with Crippen molar-refractivity contribution in [1.29, 1.82) is 0 Å². The van der Waals surface area contributed by atoms with Crippen LogP contribution >= 0.6 is 0 Å². The van der Waals surface area contributed by atoms with E-state index in [1.165, 1.54) is 5.01 Å². The molecule has 0 radical (unpaired) electrons. The van der Waals surface area contributed by atoms with E-state index in [0.717, 1.165) is 35.4 Å². The zero-order chi connectivity index (χ0) is 24.8. The first-order valence-electron chi connectivity index (χ1n) is 12.1. The number of amides is 3. The Morgan fingerprint density at radius 3 is 2.31 bits per heavy atom. The fraction of sp³-hybridized carbons (Fsp3) is 0.407. The Bertz CT molecular complexity index is 1080. The number of methoxy groups -OCH3 is 1. The Morgan fingerprint density at radius 1 is 1.00 bits per heavy atom. The minimum atomic E-state index is -0.234. The molecular formula is C27H32N4O4. The number of carbonyl (C=O) groups excluding carboxylic acids is 3. The molecule has 1 N–H and O–H groups in total. The van der Waals surface area contributed by atoms with E-state index in [1.54, 1.807) is 18.9 Å². The van der Waals surface area contributed by atoms with E-state index in [-0.39, 0.29) is 42.6 Å². The van der Waals surface area contributed by atoms with Gasteiger partial charge in [-0.2, -0.15) is 5.10 Å². The Hall–Kier alpha value is -3.68. The van der Waals surface area contributed by atoms with Crippen LogP contribution in [0.2, 0.25) is 0 Å². The van der Waals surface area contributed by atoms with Gasteiger partial charge in [-0.05, 0) is 36.1 Å². The number of likely N-dealkylation sites (tertiary alicyclic amines) is 1. The largest absolute Gasteiger partial charge is 0.497 e. The second-order valence-electron chi connectivity index (χ2n) is 8.99. The number of hydrazone groups is 1. The summed E-state index contributed by atoms with van der Waals surface area (Å²) in [6.45, 7) is 2.86. The van der Waals surface area contributed by atoms with Gasteiger partial charge in [0.1, 0.15) is 5.75 Å². The van der Waals surface area contributed by atoms with Crippen LogP contribution in [0.5, 0.6) is 5.75 Å². The lowest BCUT2D eigenvalue weighted by atomic mass is 9.98. The van der Waals surface area contributed by atoms with E-state index >= 15 is 0 Å². The average molecular weight is 477 g/mol. The van der Waals surface area contributed by atoms with Gasteiger partial charge in [0, 0.05) is 45.3 Å². The van der Waals surface area contributed by atoms with Gasteiger partial charge >= 0.3 is 0 Å². The number of benzene rings is 2. The van der Waals surface area contributed by atoms with Crippen LogP contribution in [-0.4, -0.2) is 59.6 Å². The van der Waals surface area contributed by atoms with Crippen LogP contribution in [0.4, 0.5) is 0 Å². The molecule has 0 bridgehead atoms. The molecule has 1 saturated heterocycles. The van der Waals surface area contributed by atoms with Gasteiger partial charge in [-0.3, -0.25) is 14.4 Å². The number of piperidine rings is 1. The first-order valence-corrected chi connectivity index (χ1v) is 12.1. The van der Waals surface area contributed by atoms with Crippen molar-refractivity contribution in [1.82, 2.24) is 15.2 Å². The lowest BCUT2D eigenvalue weighted by molar-refractivity contribution is -0.135. The molecule has 0 aromatic heterocycles. The zero-order valence-corrected chi connectivity index (χ0v) is 20.3. The highest BCUT2D eigenvalue weighted by Crippen LogP contribution is 2.34. The van der Waals surface area contributed by atoms with Crippen LogP contribution in [0.25, 0.3) is 0 Å². The highest BCUT2D eigenvalue weighted by atomic mass is 16.5. The number of nitrogens with one attached hydrogen (secondary N) is 1. The van der Waals surface area contributed by atoms with Crippen LogP contribution < -0.4 is 10.1 Å². The second-order valence-corrected chi connectivity index (χ2v) is 8.99. The van der Waals surface area contributed by atoms with Crippen molar-refractivity contribution in [3.05, 3.63) is 65.7 Å². The molecule has 2 aliphatic rings. The molecule has 184 valence electrons. The van der Waals surface area contributed by atoms with E-state index in [9.17, 15) is 14.4 Å². The minimum Gasteiger partial charge on any atom is -0.497 e. The van der Waals surface area contributed by atoms with Gasteiger partial charge in [-0.25, -0.2) is 5.01 Å². The third-order valence-electron chi connectivity index (χ3n) is 6.64. The summed E-state index contributed by atoms with van der Waals surface area (Å²) in [5.74, 6) is 0.484. The number of carbonyl (C=O) groups is 3. The van der Waals surface area contributed by atoms with E-state index in [0.29, 0.717) is 19.5 Å². The van der Waals surface area contributed by atoms with Gasteiger partial charge < -0.3 is 15.0 Å². The SMILES string of the molecule is COc1ccc([C@@H]2CC(c3ccccc3)=NN2C(=O)CCC(=O)NC2CCN(C(C)=O)CC2)cc1. The number of hydrogen-bond donors (Lipinski definition) is 1. The van der Waals surface area contributed by atoms with Crippen molar-refractivity contribution >= 4 is 23.4 Å². The van der Waals surface area contributed by atoms with E-state index < -0.39 is 0 Å². The van der Waals surface area contributed by atoms with Gasteiger partial charge in [0.2, 0.25) is 17.7 Å². The van der Waals surface area contributed by atoms with Crippen molar-refractivity contribution in [2.45, 2.75) is 51.1 Å². The van der Waals surface area contributed by atoms with Crippen LogP contribution in [-0.2, 0) is 14.4 Å². The average Bonchev–Trinajstić information content (AvgIpc) is 3.34. The smallest absolute Gasteiger partial charge is 0.243 e. The molecule has 1 fully saturated rings. The Labute approximate surface area is 205 Å². The van der Waals surface area contributed by atoms with Gasteiger partial charge in [-0.15, -0.1) is 0 Å². The quantitative estimate of drug-likeness (QED) is 0.664. The summed E-state index contributed by atoms with van der Waals surface area (Å²) in [7, 11) is 1.62. The molecule has 1 atom stereocenters. The number of hydrogen-bond acceptors (Lipinski definition) is 5. The fourth-order valence-corrected chi connectivity index (χ4v) is 4.60. The van der Waals surface area contributed by atoms with Crippen LogP contribution in [0.15, 0.2) is 59.7 Å². The molecular weight excluding hydrogens is 444 g/mol. The summed E-state index contributed by atoms with van der Waals surface area (Å²) >= 11 is 0. The number of rotatable bonds is 7. The minimum absolute atomic E-state index is 0.0368. The van der Waals surface area contributed by atoms with E-state index in [4.69, 9.17) is 4.74 Å². The first-order chi connectivity index (χ1) is 16.9. The number of nitrogens with zero attached hydrogens (tertiary/aromatic N) is 3. The van der Waals surface area contributed by atoms with Gasteiger partial charge in [-0.1, -0.05) is 42.5 Å². The Morgan fingerprint density at radius 2 is 1.69 bits per heavy atom. The molecule has 0 unspecified atom stereocenters. The summed E-state index contributed by atoms with van der Waals surface area (Å²) in [6.07, 6.45) is 2.25. The maximum absolute atomic E-state index is 13.2. The highest BCUT2D eigenvalue weighted by Gasteiger charge is 2.33. The molecule has 4 rings (SSSR count). The van der Waals surface area contributed by atoms with Gasteiger partial charge in [0.25, 0.3) is 0 Å². The van der Waals surface area contributed by atoms with E-state index in [2.05, 4.69) is 10.4 Å². The zero-order valence-electron chi connectivity index (χ0n) is 20.3. The normalized spacial score (nSPS) is 18.2. The highest BCUT2D eigenvalue weighted by molar-refractivity contribution is 6.03. The molecule has 2 heterocycles.